The number of rotatable bonds is 7. The molecule has 0 unspecified atom stereocenters. The molecule has 1 heterocycles. The lowest BCUT2D eigenvalue weighted by Crippen LogP contribution is -2.30. The maximum Gasteiger partial charge on any atom is 0.337 e. The van der Waals surface area contributed by atoms with Crippen LogP contribution in [0.2, 0.25) is 0 Å². The number of esters is 2. The van der Waals surface area contributed by atoms with E-state index in [1.165, 1.54) is 0 Å². The number of carbonyl (C=O) groups is 2. The average molecular weight is 442 g/mol. The van der Waals surface area contributed by atoms with E-state index in [2.05, 4.69) is 4.90 Å². The number of hydrogen-bond acceptors (Lipinski definition) is 5. The summed E-state index contributed by atoms with van der Waals surface area (Å²) in [5.41, 5.74) is 3.31. The molecule has 4 rings (SSSR count). The maximum atomic E-state index is 13.4. The lowest BCUT2D eigenvalue weighted by Gasteiger charge is -2.34. The minimum atomic E-state index is -0.516. The van der Waals surface area contributed by atoms with Gasteiger partial charge >= 0.3 is 11.9 Å². The van der Waals surface area contributed by atoms with Crippen molar-refractivity contribution in [2.24, 2.45) is 0 Å². The molecule has 3 aromatic carbocycles. The van der Waals surface area contributed by atoms with Crippen molar-refractivity contribution in [1.29, 1.82) is 0 Å². The second-order valence-electron chi connectivity index (χ2n) is 7.64. The van der Waals surface area contributed by atoms with Gasteiger partial charge in [0.2, 0.25) is 0 Å². The van der Waals surface area contributed by atoms with E-state index in [1.807, 2.05) is 91.0 Å². The number of benzene rings is 3. The number of ether oxygens (including phenoxy) is 2. The third kappa shape index (κ3) is 4.40. The lowest BCUT2D eigenvalue weighted by molar-refractivity contribution is -0.141. The Kier molecular flexibility index (Phi) is 6.89. The first kappa shape index (κ1) is 22.3. The Labute approximate surface area is 194 Å². The fraction of sp³-hybridized carbons (Fsp3) is 0.214. The molecule has 168 valence electrons. The molecule has 0 N–H and O–H groups in total. The monoisotopic (exact) mass is 441 g/mol. The molecule has 0 aliphatic carbocycles. The lowest BCUT2D eigenvalue weighted by atomic mass is 9.95. The molecular weight excluding hydrogens is 414 g/mol. The zero-order chi connectivity index (χ0) is 23.2. The zero-order valence-corrected chi connectivity index (χ0v) is 18.8. The first-order chi connectivity index (χ1) is 16.2. The zero-order valence-electron chi connectivity index (χ0n) is 18.8. The number of para-hydroxylation sites is 1. The van der Waals surface area contributed by atoms with E-state index >= 15 is 0 Å². The minimum Gasteiger partial charge on any atom is -0.463 e. The molecule has 0 saturated carbocycles. The molecular formula is C28H27NO4. The van der Waals surface area contributed by atoms with Gasteiger partial charge in [-0.15, -0.1) is 0 Å². The molecule has 0 amide bonds. The van der Waals surface area contributed by atoms with Crippen LogP contribution in [0.4, 0.5) is 5.69 Å². The Morgan fingerprint density at radius 2 is 1.00 bits per heavy atom. The maximum absolute atomic E-state index is 13.4. The molecule has 0 fully saturated rings. The third-order valence-corrected chi connectivity index (χ3v) is 5.67. The van der Waals surface area contributed by atoms with Gasteiger partial charge in [-0.3, -0.25) is 0 Å². The van der Waals surface area contributed by atoms with Crippen LogP contribution in [0.1, 0.15) is 37.1 Å². The van der Waals surface area contributed by atoms with Gasteiger partial charge in [0.1, 0.15) is 0 Å². The van der Waals surface area contributed by atoms with Gasteiger partial charge in [-0.2, -0.15) is 0 Å². The summed E-state index contributed by atoms with van der Waals surface area (Å²) in [6, 6.07) is 28.3. The average Bonchev–Trinajstić information content (AvgIpc) is 3.22. The second kappa shape index (κ2) is 10.2. The largest absolute Gasteiger partial charge is 0.463 e. The molecule has 1 aliphatic heterocycles. The van der Waals surface area contributed by atoms with Crippen LogP contribution in [0, 0.1) is 0 Å². The van der Waals surface area contributed by atoms with Gasteiger partial charge in [-0.1, -0.05) is 78.9 Å². The third-order valence-electron chi connectivity index (χ3n) is 5.67. The highest BCUT2D eigenvalue weighted by Gasteiger charge is 2.48. The van der Waals surface area contributed by atoms with Crippen LogP contribution >= 0.6 is 0 Å². The Morgan fingerprint density at radius 1 is 0.636 bits per heavy atom. The summed E-state index contributed by atoms with van der Waals surface area (Å²) >= 11 is 0. The normalized spacial score (nSPS) is 17.7. The van der Waals surface area contributed by atoms with Gasteiger partial charge < -0.3 is 14.4 Å². The van der Waals surface area contributed by atoms with Gasteiger partial charge in [0.25, 0.3) is 0 Å². The Bertz CT molecular complexity index is 1050. The van der Waals surface area contributed by atoms with Crippen molar-refractivity contribution in [2.45, 2.75) is 25.9 Å². The molecule has 0 bridgehead atoms. The summed E-state index contributed by atoms with van der Waals surface area (Å²) in [7, 11) is 0. The van der Waals surface area contributed by atoms with Crippen molar-refractivity contribution in [2.75, 3.05) is 18.1 Å². The number of anilines is 1. The molecule has 0 spiro atoms. The molecule has 0 saturated heterocycles. The summed E-state index contributed by atoms with van der Waals surface area (Å²) in [5.74, 6) is -1.01. The summed E-state index contributed by atoms with van der Waals surface area (Å²) in [4.78, 5) is 28.9. The minimum absolute atomic E-state index is 0.210. The number of hydrogen-bond donors (Lipinski definition) is 0. The smallest absolute Gasteiger partial charge is 0.337 e. The molecule has 33 heavy (non-hydrogen) atoms. The Balaban J connectivity index is 2.03. The fourth-order valence-electron chi connectivity index (χ4n) is 4.41. The SMILES string of the molecule is CCOC(=O)C1=C(C(=O)OCC)[C@@H](c2ccccc2)N(c2ccccc2)[C@@H]1c1ccccc1. The van der Waals surface area contributed by atoms with E-state index in [0.717, 1.165) is 16.8 Å². The van der Waals surface area contributed by atoms with Crippen molar-refractivity contribution in [3.05, 3.63) is 113 Å². The predicted molar refractivity (Wildman–Crippen MR) is 128 cm³/mol. The van der Waals surface area contributed by atoms with E-state index < -0.39 is 24.0 Å². The fourth-order valence-corrected chi connectivity index (χ4v) is 4.41. The van der Waals surface area contributed by atoms with Crippen LogP contribution in [0.3, 0.4) is 0 Å². The van der Waals surface area contributed by atoms with E-state index in [9.17, 15) is 9.59 Å². The van der Waals surface area contributed by atoms with E-state index in [-0.39, 0.29) is 13.2 Å². The van der Waals surface area contributed by atoms with Crippen LogP contribution in [-0.4, -0.2) is 25.2 Å². The van der Waals surface area contributed by atoms with E-state index in [4.69, 9.17) is 9.47 Å². The Hall–Kier alpha value is -3.86. The molecule has 3 aromatic rings. The molecule has 0 aromatic heterocycles. The van der Waals surface area contributed by atoms with Gasteiger partial charge in [-0.05, 0) is 37.1 Å². The predicted octanol–water partition coefficient (Wildman–Crippen LogP) is 5.41. The second-order valence-corrected chi connectivity index (χ2v) is 7.64. The van der Waals surface area contributed by atoms with Gasteiger partial charge in [0, 0.05) is 5.69 Å². The van der Waals surface area contributed by atoms with Gasteiger partial charge in [-0.25, -0.2) is 9.59 Å². The van der Waals surface area contributed by atoms with Crippen LogP contribution < -0.4 is 4.90 Å². The van der Waals surface area contributed by atoms with Crippen molar-refractivity contribution < 1.29 is 19.1 Å². The van der Waals surface area contributed by atoms with Gasteiger partial charge in [0.05, 0.1) is 36.4 Å². The van der Waals surface area contributed by atoms with E-state index in [0.29, 0.717) is 11.1 Å². The highest BCUT2D eigenvalue weighted by Crippen LogP contribution is 2.51. The van der Waals surface area contributed by atoms with Crippen LogP contribution in [0.5, 0.6) is 0 Å². The van der Waals surface area contributed by atoms with Crippen LogP contribution in [0.15, 0.2) is 102 Å². The number of nitrogens with zero attached hydrogens (tertiary/aromatic N) is 1. The van der Waals surface area contributed by atoms with Crippen LogP contribution in [-0.2, 0) is 19.1 Å². The highest BCUT2D eigenvalue weighted by molar-refractivity contribution is 6.05. The molecule has 5 heteroatoms. The van der Waals surface area contributed by atoms with Crippen LogP contribution in [0.25, 0.3) is 0 Å². The quantitative estimate of drug-likeness (QED) is 0.459. The topological polar surface area (TPSA) is 55.8 Å². The van der Waals surface area contributed by atoms with Crippen molar-refractivity contribution in [3.8, 4) is 0 Å². The highest BCUT2D eigenvalue weighted by atomic mass is 16.5. The summed E-state index contributed by atoms with van der Waals surface area (Å²) in [5, 5.41) is 0. The molecule has 2 atom stereocenters. The van der Waals surface area contributed by atoms with Crippen molar-refractivity contribution in [3.63, 3.8) is 0 Å². The van der Waals surface area contributed by atoms with Crippen molar-refractivity contribution in [1.82, 2.24) is 0 Å². The van der Waals surface area contributed by atoms with E-state index in [1.54, 1.807) is 13.8 Å². The first-order valence-electron chi connectivity index (χ1n) is 11.2. The first-order valence-corrected chi connectivity index (χ1v) is 11.2. The summed E-state index contributed by atoms with van der Waals surface area (Å²) < 4.78 is 10.9. The van der Waals surface area contributed by atoms with Gasteiger partial charge in [0.15, 0.2) is 0 Å². The molecule has 1 aliphatic rings. The van der Waals surface area contributed by atoms with Crippen molar-refractivity contribution >= 4 is 17.6 Å². The molecule has 5 nitrogen and oxygen atoms in total. The molecule has 0 radical (unpaired) electrons. The summed E-state index contributed by atoms with van der Waals surface area (Å²) in [6.07, 6.45) is 0. The standard InChI is InChI=1S/C28H27NO4/c1-3-32-27(30)23-24(28(31)33-4-2)26(21-16-10-6-11-17-21)29(22-18-12-7-13-19-22)25(23)20-14-8-5-9-15-20/h5-19,25-26H,3-4H2,1-2H3/t25-,26-/m1/s1. The Morgan fingerprint density at radius 3 is 1.36 bits per heavy atom. The number of carbonyl (C=O) groups excluding carboxylic acids is 2. The summed E-state index contributed by atoms with van der Waals surface area (Å²) in [6.45, 7) is 3.94.